The average molecular weight is 178 g/mol. The molecular formula is C8H6N2OS. The first-order chi connectivity index (χ1) is 5.86. The Bertz CT molecular complexity index is 418. The smallest absolute Gasteiger partial charge is 0.304 e. The standard InChI is InChI=1S/C8H6N2OS/c11-8-10-7(5-12-8)6-3-1-2-4-9-6/h1-5H,(H,10,11). The lowest BCUT2D eigenvalue weighted by Gasteiger charge is -1.92. The molecule has 4 heteroatoms. The number of pyridine rings is 1. The third kappa shape index (κ3) is 1.29. The van der Waals surface area contributed by atoms with Gasteiger partial charge in [-0.3, -0.25) is 9.78 Å². The Labute approximate surface area is 72.7 Å². The van der Waals surface area contributed by atoms with E-state index in [0.29, 0.717) is 0 Å². The third-order valence-electron chi connectivity index (χ3n) is 1.46. The SMILES string of the molecule is O=c1[nH]c(-c2ccccn2)cs1. The van der Waals surface area contributed by atoms with Gasteiger partial charge in [0.15, 0.2) is 0 Å². The van der Waals surface area contributed by atoms with Crippen molar-refractivity contribution < 1.29 is 0 Å². The molecule has 0 unspecified atom stereocenters. The van der Waals surface area contributed by atoms with E-state index in [1.807, 2.05) is 18.2 Å². The molecule has 1 N–H and O–H groups in total. The van der Waals surface area contributed by atoms with Crippen LogP contribution in [-0.2, 0) is 0 Å². The Morgan fingerprint density at radius 1 is 1.42 bits per heavy atom. The number of hydrogen-bond acceptors (Lipinski definition) is 3. The zero-order chi connectivity index (χ0) is 8.39. The highest BCUT2D eigenvalue weighted by atomic mass is 32.1. The maximum atomic E-state index is 10.8. The van der Waals surface area contributed by atoms with E-state index in [-0.39, 0.29) is 4.87 Å². The lowest BCUT2D eigenvalue weighted by atomic mass is 10.3. The Hall–Kier alpha value is -1.42. The van der Waals surface area contributed by atoms with Crippen molar-refractivity contribution in [3.05, 3.63) is 39.4 Å². The highest BCUT2D eigenvalue weighted by Gasteiger charge is 1.99. The van der Waals surface area contributed by atoms with E-state index in [9.17, 15) is 4.79 Å². The molecule has 0 fully saturated rings. The van der Waals surface area contributed by atoms with Gasteiger partial charge >= 0.3 is 4.87 Å². The van der Waals surface area contributed by atoms with Gasteiger partial charge in [0.05, 0.1) is 11.4 Å². The van der Waals surface area contributed by atoms with Gasteiger partial charge in [-0.1, -0.05) is 17.4 Å². The molecule has 0 atom stereocenters. The Balaban J connectivity index is 2.51. The molecule has 0 radical (unpaired) electrons. The highest BCUT2D eigenvalue weighted by molar-refractivity contribution is 7.07. The minimum Gasteiger partial charge on any atom is -0.311 e. The summed E-state index contributed by atoms with van der Waals surface area (Å²) in [5.74, 6) is 0. The zero-order valence-corrected chi connectivity index (χ0v) is 6.97. The predicted octanol–water partition coefficient (Wildman–Crippen LogP) is 1.50. The molecular weight excluding hydrogens is 172 g/mol. The quantitative estimate of drug-likeness (QED) is 0.719. The molecule has 0 aliphatic rings. The number of hydrogen-bond donors (Lipinski definition) is 1. The summed E-state index contributed by atoms with van der Waals surface area (Å²) in [6, 6.07) is 5.59. The second kappa shape index (κ2) is 2.91. The fourth-order valence-electron chi connectivity index (χ4n) is 0.928. The molecule has 0 bridgehead atoms. The van der Waals surface area contributed by atoms with Crippen molar-refractivity contribution in [3.8, 4) is 11.4 Å². The number of rotatable bonds is 1. The first-order valence-corrected chi connectivity index (χ1v) is 4.33. The maximum Gasteiger partial charge on any atom is 0.304 e. The molecule has 2 aromatic rings. The lowest BCUT2D eigenvalue weighted by molar-refractivity contribution is 1.26. The van der Waals surface area contributed by atoms with Crippen LogP contribution >= 0.6 is 11.3 Å². The normalized spacial score (nSPS) is 10.0. The van der Waals surface area contributed by atoms with Gasteiger partial charge in [-0.25, -0.2) is 0 Å². The second-order valence-electron chi connectivity index (χ2n) is 2.28. The summed E-state index contributed by atoms with van der Waals surface area (Å²) >= 11 is 1.15. The fraction of sp³-hybridized carbons (Fsp3) is 0. The summed E-state index contributed by atoms with van der Waals surface area (Å²) < 4.78 is 0. The number of H-pyrrole nitrogens is 1. The summed E-state index contributed by atoms with van der Waals surface area (Å²) in [6.45, 7) is 0. The molecule has 3 nitrogen and oxygen atoms in total. The maximum absolute atomic E-state index is 10.8. The number of aromatic nitrogens is 2. The van der Waals surface area contributed by atoms with Gasteiger partial charge < -0.3 is 4.98 Å². The number of thiazole rings is 1. The van der Waals surface area contributed by atoms with Gasteiger partial charge in [-0.2, -0.15) is 0 Å². The van der Waals surface area contributed by atoms with Gasteiger partial charge in [-0.15, -0.1) is 0 Å². The largest absolute Gasteiger partial charge is 0.311 e. The molecule has 2 rings (SSSR count). The fourth-order valence-corrected chi connectivity index (χ4v) is 1.50. The summed E-state index contributed by atoms with van der Waals surface area (Å²) in [6.07, 6.45) is 1.70. The van der Waals surface area contributed by atoms with Crippen LogP contribution in [0.3, 0.4) is 0 Å². The molecule has 0 aromatic carbocycles. The van der Waals surface area contributed by atoms with Crippen molar-refractivity contribution in [2.75, 3.05) is 0 Å². The van der Waals surface area contributed by atoms with Crippen LogP contribution in [0.5, 0.6) is 0 Å². The third-order valence-corrected chi connectivity index (χ3v) is 2.13. The Kier molecular flexibility index (Phi) is 1.75. The van der Waals surface area contributed by atoms with Crippen LogP contribution in [0.2, 0.25) is 0 Å². The molecule has 0 aliphatic heterocycles. The molecule has 0 amide bonds. The molecule has 0 saturated carbocycles. The summed E-state index contributed by atoms with van der Waals surface area (Å²) in [4.78, 5) is 17.5. The van der Waals surface area contributed by atoms with Crippen molar-refractivity contribution in [1.82, 2.24) is 9.97 Å². The van der Waals surface area contributed by atoms with Gasteiger partial charge in [0.2, 0.25) is 0 Å². The molecule has 0 spiro atoms. The number of nitrogens with one attached hydrogen (secondary N) is 1. The van der Waals surface area contributed by atoms with Crippen molar-refractivity contribution in [3.63, 3.8) is 0 Å². The summed E-state index contributed by atoms with van der Waals surface area (Å²) in [7, 11) is 0. The van der Waals surface area contributed by atoms with E-state index in [1.54, 1.807) is 11.6 Å². The molecule has 2 heterocycles. The second-order valence-corrected chi connectivity index (χ2v) is 3.12. The van der Waals surface area contributed by atoms with Crippen LogP contribution in [0.15, 0.2) is 34.6 Å². The van der Waals surface area contributed by atoms with Crippen LogP contribution in [-0.4, -0.2) is 9.97 Å². The predicted molar refractivity (Wildman–Crippen MR) is 48.2 cm³/mol. The first-order valence-electron chi connectivity index (χ1n) is 3.45. The Morgan fingerprint density at radius 3 is 2.92 bits per heavy atom. The van der Waals surface area contributed by atoms with Gasteiger partial charge in [-0.05, 0) is 12.1 Å². The van der Waals surface area contributed by atoms with Crippen molar-refractivity contribution in [2.45, 2.75) is 0 Å². The van der Waals surface area contributed by atoms with Crippen LogP contribution in [0, 0.1) is 0 Å². The van der Waals surface area contributed by atoms with Crippen molar-refractivity contribution in [2.24, 2.45) is 0 Å². The number of nitrogens with zero attached hydrogens (tertiary/aromatic N) is 1. The monoisotopic (exact) mass is 178 g/mol. The first kappa shape index (κ1) is 7.24. The van der Waals surface area contributed by atoms with E-state index in [0.717, 1.165) is 22.7 Å². The molecule has 0 saturated heterocycles. The molecule has 2 aromatic heterocycles. The molecule has 12 heavy (non-hydrogen) atoms. The van der Waals surface area contributed by atoms with Crippen LogP contribution < -0.4 is 4.87 Å². The van der Waals surface area contributed by atoms with Crippen LogP contribution in [0.25, 0.3) is 11.4 Å². The van der Waals surface area contributed by atoms with Gasteiger partial charge in [0, 0.05) is 11.6 Å². The molecule has 60 valence electrons. The van der Waals surface area contributed by atoms with Gasteiger partial charge in [0.25, 0.3) is 0 Å². The minimum atomic E-state index is -0.0457. The Morgan fingerprint density at radius 2 is 2.33 bits per heavy atom. The lowest BCUT2D eigenvalue weighted by Crippen LogP contribution is -1.92. The summed E-state index contributed by atoms with van der Waals surface area (Å²) in [5.41, 5.74) is 1.58. The minimum absolute atomic E-state index is 0.0457. The van der Waals surface area contributed by atoms with E-state index in [2.05, 4.69) is 9.97 Å². The van der Waals surface area contributed by atoms with Crippen LogP contribution in [0.1, 0.15) is 0 Å². The van der Waals surface area contributed by atoms with E-state index < -0.39 is 0 Å². The van der Waals surface area contributed by atoms with Crippen molar-refractivity contribution in [1.29, 1.82) is 0 Å². The highest BCUT2D eigenvalue weighted by Crippen LogP contribution is 2.12. The van der Waals surface area contributed by atoms with E-state index in [1.165, 1.54) is 0 Å². The topological polar surface area (TPSA) is 45.8 Å². The van der Waals surface area contributed by atoms with E-state index >= 15 is 0 Å². The zero-order valence-electron chi connectivity index (χ0n) is 6.15. The summed E-state index contributed by atoms with van der Waals surface area (Å²) in [5, 5.41) is 1.77. The number of aromatic amines is 1. The average Bonchev–Trinajstić information content (AvgIpc) is 2.54. The molecule has 0 aliphatic carbocycles. The van der Waals surface area contributed by atoms with Gasteiger partial charge in [0.1, 0.15) is 0 Å². The van der Waals surface area contributed by atoms with Crippen LogP contribution in [0.4, 0.5) is 0 Å². The van der Waals surface area contributed by atoms with Crippen molar-refractivity contribution >= 4 is 11.3 Å². The van der Waals surface area contributed by atoms with E-state index in [4.69, 9.17) is 0 Å².